The van der Waals surface area contributed by atoms with Crippen molar-refractivity contribution in [3.05, 3.63) is 29.8 Å². The summed E-state index contributed by atoms with van der Waals surface area (Å²) in [7, 11) is 1.68. The first-order chi connectivity index (χ1) is 9.27. The fourth-order valence-electron chi connectivity index (χ4n) is 2.26. The molecule has 0 spiro atoms. The number of hydrogen-bond acceptors (Lipinski definition) is 3. The van der Waals surface area contributed by atoms with Crippen LogP contribution in [0.1, 0.15) is 17.9 Å². The average Bonchev–Trinajstić information content (AvgIpc) is 2.80. The van der Waals surface area contributed by atoms with Gasteiger partial charge >= 0.3 is 0 Å². The number of para-hydroxylation sites is 1. The monoisotopic (exact) mass is 281 g/mol. The topological polar surface area (TPSA) is 46.2 Å². The first kappa shape index (κ1) is 14.2. The molecule has 1 fully saturated rings. The smallest absolute Gasteiger partial charge is 0.234 e. The van der Waals surface area contributed by atoms with Crippen LogP contribution >= 0.6 is 11.8 Å². The van der Waals surface area contributed by atoms with E-state index in [4.69, 9.17) is 4.74 Å². The van der Waals surface area contributed by atoms with Gasteiger partial charge in [0.15, 0.2) is 0 Å². The van der Waals surface area contributed by atoms with Crippen LogP contribution in [0.2, 0.25) is 0 Å². The normalized spacial score (nSPS) is 18.9. The molecule has 1 aromatic rings. The fourth-order valence-corrected chi connectivity index (χ4v) is 3.50. The molecule has 0 aromatic heterocycles. The summed E-state index contributed by atoms with van der Waals surface area (Å²) in [5, 5.41) is 2.31. The number of likely N-dealkylation sites (N-methyl/N-ethyl adjacent to an activating group) is 1. The van der Waals surface area contributed by atoms with Crippen molar-refractivity contribution < 1.29 is 14.8 Å². The third-order valence-corrected chi connectivity index (χ3v) is 4.47. The Labute approximate surface area is 118 Å². The van der Waals surface area contributed by atoms with Crippen LogP contribution in [0.25, 0.3) is 0 Å². The number of quaternary nitrogens is 1. The van der Waals surface area contributed by atoms with E-state index in [0.717, 1.165) is 30.9 Å². The number of carbonyl (C=O) groups excluding carboxylic acids is 1. The van der Waals surface area contributed by atoms with Crippen LogP contribution in [-0.2, 0) is 4.79 Å². The number of amides is 1. The highest BCUT2D eigenvalue weighted by atomic mass is 32.2. The molecule has 2 rings (SSSR count). The Kier molecular flexibility index (Phi) is 5.10. The summed E-state index contributed by atoms with van der Waals surface area (Å²) in [4.78, 5) is 14.0. The Morgan fingerprint density at radius 1 is 1.47 bits per heavy atom. The molecule has 0 unspecified atom stereocenters. The number of methoxy groups -OCH3 is 1. The molecule has 1 amide bonds. The maximum absolute atomic E-state index is 12.0. The average molecular weight is 281 g/mol. The van der Waals surface area contributed by atoms with Gasteiger partial charge in [-0.3, -0.25) is 4.79 Å². The van der Waals surface area contributed by atoms with Crippen molar-refractivity contribution >= 4 is 17.7 Å². The van der Waals surface area contributed by atoms with Gasteiger partial charge < -0.3 is 15.0 Å². The standard InChI is InChI=1S/C14H20N2O2S/c1-3-15-8-9-16-13(17)10-19-14(16)11-6-4-5-7-12(11)18-2/h4-7,14-15H,3,8-10H2,1-2H3/p+1/t14-/m1/s1. The minimum absolute atomic E-state index is 0.0916. The van der Waals surface area contributed by atoms with Crippen molar-refractivity contribution in [3.63, 3.8) is 0 Å². The predicted molar refractivity (Wildman–Crippen MR) is 77.2 cm³/mol. The van der Waals surface area contributed by atoms with Gasteiger partial charge in [0.1, 0.15) is 11.1 Å². The van der Waals surface area contributed by atoms with E-state index < -0.39 is 0 Å². The molecule has 2 N–H and O–H groups in total. The van der Waals surface area contributed by atoms with Gasteiger partial charge in [0, 0.05) is 5.56 Å². The zero-order valence-corrected chi connectivity index (χ0v) is 12.3. The molecule has 1 aromatic carbocycles. The van der Waals surface area contributed by atoms with Crippen LogP contribution in [0.4, 0.5) is 0 Å². The van der Waals surface area contributed by atoms with Crippen LogP contribution < -0.4 is 10.1 Å². The van der Waals surface area contributed by atoms with Crippen LogP contribution in [0.15, 0.2) is 24.3 Å². The molecule has 1 heterocycles. The van der Waals surface area contributed by atoms with E-state index >= 15 is 0 Å². The highest BCUT2D eigenvalue weighted by Crippen LogP contribution is 2.41. The summed E-state index contributed by atoms with van der Waals surface area (Å²) < 4.78 is 5.41. The Bertz CT molecular complexity index is 439. The zero-order valence-electron chi connectivity index (χ0n) is 11.5. The van der Waals surface area contributed by atoms with E-state index in [2.05, 4.69) is 12.2 Å². The lowest BCUT2D eigenvalue weighted by Crippen LogP contribution is -2.85. The zero-order chi connectivity index (χ0) is 13.7. The molecule has 0 bridgehead atoms. The number of nitrogens with zero attached hydrogens (tertiary/aromatic N) is 1. The number of hydrogen-bond donors (Lipinski definition) is 1. The minimum atomic E-state index is 0.0916. The predicted octanol–water partition coefficient (Wildman–Crippen LogP) is 0.853. The molecule has 0 aliphatic carbocycles. The third-order valence-electron chi connectivity index (χ3n) is 3.24. The number of ether oxygens (including phenoxy) is 1. The summed E-state index contributed by atoms with van der Waals surface area (Å²) >= 11 is 1.68. The molecular formula is C14H21N2O2S+. The van der Waals surface area contributed by atoms with Gasteiger partial charge in [0.05, 0.1) is 32.5 Å². The molecular weight excluding hydrogens is 260 g/mol. The second kappa shape index (κ2) is 6.82. The number of benzene rings is 1. The Morgan fingerprint density at radius 2 is 2.26 bits per heavy atom. The fraction of sp³-hybridized carbons (Fsp3) is 0.500. The highest BCUT2D eigenvalue weighted by Gasteiger charge is 2.34. The van der Waals surface area contributed by atoms with Gasteiger partial charge in [-0.15, -0.1) is 11.8 Å². The molecule has 0 saturated carbocycles. The molecule has 0 radical (unpaired) electrons. The van der Waals surface area contributed by atoms with Crippen molar-refractivity contribution in [1.29, 1.82) is 0 Å². The van der Waals surface area contributed by atoms with Crippen LogP contribution in [0.5, 0.6) is 5.75 Å². The summed E-state index contributed by atoms with van der Waals surface area (Å²) in [6.07, 6.45) is 0. The van der Waals surface area contributed by atoms with Crippen LogP contribution in [0, 0.1) is 0 Å². The summed E-state index contributed by atoms with van der Waals surface area (Å²) in [5.41, 5.74) is 1.09. The molecule has 5 heteroatoms. The third kappa shape index (κ3) is 3.22. The Hall–Kier alpha value is -1.20. The lowest BCUT2D eigenvalue weighted by atomic mass is 10.2. The van der Waals surface area contributed by atoms with Crippen LogP contribution in [-0.4, -0.2) is 43.3 Å². The summed E-state index contributed by atoms with van der Waals surface area (Å²) in [6.45, 7) is 4.92. The van der Waals surface area contributed by atoms with Crippen molar-refractivity contribution in [2.24, 2.45) is 0 Å². The summed E-state index contributed by atoms with van der Waals surface area (Å²) in [5.74, 6) is 1.65. The van der Waals surface area contributed by atoms with Gasteiger partial charge in [-0.2, -0.15) is 0 Å². The van der Waals surface area contributed by atoms with E-state index in [1.165, 1.54) is 0 Å². The van der Waals surface area contributed by atoms with Crippen LogP contribution in [0.3, 0.4) is 0 Å². The SMILES string of the molecule is CC[NH2+]CCN1C(=O)CS[C@@H]1c1ccccc1OC. The van der Waals surface area contributed by atoms with E-state index in [-0.39, 0.29) is 11.3 Å². The molecule has 1 aliphatic rings. The number of thioether (sulfide) groups is 1. The van der Waals surface area contributed by atoms with Crippen molar-refractivity contribution in [2.45, 2.75) is 12.3 Å². The van der Waals surface area contributed by atoms with Crippen molar-refractivity contribution in [1.82, 2.24) is 4.90 Å². The molecule has 4 nitrogen and oxygen atoms in total. The second-order valence-corrected chi connectivity index (χ2v) is 5.55. The van der Waals surface area contributed by atoms with Gasteiger partial charge in [0.25, 0.3) is 0 Å². The highest BCUT2D eigenvalue weighted by molar-refractivity contribution is 8.00. The van der Waals surface area contributed by atoms with Gasteiger partial charge in [-0.05, 0) is 13.0 Å². The minimum Gasteiger partial charge on any atom is -0.496 e. The Morgan fingerprint density at radius 3 is 3.00 bits per heavy atom. The van der Waals surface area contributed by atoms with Crippen molar-refractivity contribution in [3.8, 4) is 5.75 Å². The molecule has 1 atom stereocenters. The van der Waals surface area contributed by atoms with E-state index in [1.807, 2.05) is 29.2 Å². The Balaban J connectivity index is 2.15. The first-order valence-electron chi connectivity index (χ1n) is 6.63. The lowest BCUT2D eigenvalue weighted by Gasteiger charge is -2.24. The largest absolute Gasteiger partial charge is 0.496 e. The molecule has 1 saturated heterocycles. The van der Waals surface area contributed by atoms with Gasteiger partial charge in [-0.25, -0.2) is 0 Å². The summed E-state index contributed by atoms with van der Waals surface area (Å²) in [6, 6.07) is 7.96. The number of rotatable bonds is 6. The maximum Gasteiger partial charge on any atom is 0.234 e. The number of carbonyl (C=O) groups is 1. The van der Waals surface area contributed by atoms with E-state index in [0.29, 0.717) is 5.75 Å². The molecule has 1 aliphatic heterocycles. The number of nitrogens with two attached hydrogens (primary N) is 1. The lowest BCUT2D eigenvalue weighted by molar-refractivity contribution is -0.651. The first-order valence-corrected chi connectivity index (χ1v) is 7.68. The van der Waals surface area contributed by atoms with Gasteiger partial charge in [0.2, 0.25) is 5.91 Å². The second-order valence-electron chi connectivity index (χ2n) is 4.48. The molecule has 104 valence electrons. The molecule has 19 heavy (non-hydrogen) atoms. The van der Waals surface area contributed by atoms with Gasteiger partial charge in [-0.1, -0.05) is 18.2 Å². The van der Waals surface area contributed by atoms with E-state index in [9.17, 15) is 4.79 Å². The quantitative estimate of drug-likeness (QED) is 0.787. The maximum atomic E-state index is 12.0. The van der Waals surface area contributed by atoms with E-state index in [1.54, 1.807) is 18.9 Å². The van der Waals surface area contributed by atoms with Crippen molar-refractivity contribution in [2.75, 3.05) is 32.5 Å².